The first kappa shape index (κ1) is 18.1. The average molecular weight is 375 g/mol. The van der Waals surface area contributed by atoms with Gasteiger partial charge in [0.05, 0.1) is 23.6 Å². The van der Waals surface area contributed by atoms with E-state index in [1.165, 1.54) is 43.5 Å². The van der Waals surface area contributed by atoms with Crippen molar-refractivity contribution in [3.05, 3.63) is 89.7 Å². The lowest BCUT2D eigenvalue weighted by atomic mass is 10.2. The van der Waals surface area contributed by atoms with Gasteiger partial charge in [-0.25, -0.2) is 18.0 Å². The molecule has 3 rings (SSSR count). The Morgan fingerprint density at radius 1 is 0.769 bits per heavy atom. The first-order valence-corrected chi connectivity index (χ1v) is 8.85. The predicted octanol–water partition coefficient (Wildman–Crippen LogP) is 4.99. The van der Waals surface area contributed by atoms with Crippen LogP contribution in [0.15, 0.2) is 81.4 Å². The molecule has 0 saturated heterocycles. The highest BCUT2D eigenvalue weighted by Crippen LogP contribution is 2.32. The van der Waals surface area contributed by atoms with Crippen LogP contribution in [0.5, 0.6) is 0 Å². The van der Waals surface area contributed by atoms with Crippen molar-refractivity contribution in [3.8, 4) is 0 Å². The van der Waals surface area contributed by atoms with Crippen LogP contribution in [0.4, 0.5) is 13.2 Å². The number of hydrogen-bond donors (Lipinski definition) is 0. The molecule has 0 saturated carbocycles. The minimum absolute atomic E-state index is 0.169. The van der Waals surface area contributed by atoms with Gasteiger partial charge in [-0.1, -0.05) is 0 Å². The van der Waals surface area contributed by atoms with E-state index in [1.54, 1.807) is 30.3 Å². The molecule has 0 aliphatic carbocycles. The quantitative estimate of drug-likeness (QED) is 0.475. The van der Waals surface area contributed by atoms with E-state index >= 15 is 0 Å². The maximum atomic E-state index is 14.4. The highest BCUT2D eigenvalue weighted by molar-refractivity contribution is 7.97. The molecule has 0 aliphatic rings. The number of halogens is 3. The Labute approximate surface area is 151 Å². The molecule has 3 aromatic carbocycles. The summed E-state index contributed by atoms with van der Waals surface area (Å²) in [6.07, 6.45) is 0. The van der Waals surface area contributed by atoms with Gasteiger partial charge < -0.3 is 4.74 Å². The molecule has 2 nitrogen and oxygen atoms in total. The molecule has 0 N–H and O–H groups in total. The molecule has 132 valence electrons. The fraction of sp³-hybridized carbons (Fsp3) is 0.0500. The minimum Gasteiger partial charge on any atom is -0.465 e. The fourth-order valence-corrected chi connectivity index (χ4v) is 4.51. The number of methoxy groups -OCH3 is 1. The van der Waals surface area contributed by atoms with Crippen molar-refractivity contribution < 1.29 is 22.7 Å². The van der Waals surface area contributed by atoms with Crippen LogP contribution in [0, 0.1) is 17.5 Å². The maximum absolute atomic E-state index is 14.4. The molecule has 0 radical (unpaired) electrons. The van der Waals surface area contributed by atoms with Gasteiger partial charge in [0.1, 0.15) is 17.5 Å². The molecule has 0 atom stereocenters. The molecular weight excluding hydrogens is 361 g/mol. The minimum atomic E-state index is -0.790. The van der Waals surface area contributed by atoms with Gasteiger partial charge in [-0.05, 0) is 60.7 Å². The van der Waals surface area contributed by atoms with Crippen molar-refractivity contribution in [1.29, 1.82) is 0 Å². The summed E-state index contributed by atoms with van der Waals surface area (Å²) < 4.78 is 45.5. The standard InChI is InChI=1S/C20H14F3O2S/c1-25-20(24)18-11-10-17(12-19(18)23)26(15-6-2-13(21)3-7-15)16-8-4-14(22)5-9-16/h2-12H,1H3/q+1. The van der Waals surface area contributed by atoms with Gasteiger partial charge >= 0.3 is 5.97 Å². The van der Waals surface area contributed by atoms with Crippen molar-refractivity contribution >= 4 is 16.9 Å². The Kier molecular flexibility index (Phi) is 5.32. The Morgan fingerprint density at radius 2 is 1.23 bits per heavy atom. The van der Waals surface area contributed by atoms with E-state index in [2.05, 4.69) is 4.74 Å². The lowest BCUT2D eigenvalue weighted by Crippen LogP contribution is -2.09. The van der Waals surface area contributed by atoms with Crippen molar-refractivity contribution in [3.63, 3.8) is 0 Å². The van der Waals surface area contributed by atoms with Crippen molar-refractivity contribution in [2.24, 2.45) is 0 Å². The normalized spacial score (nSPS) is 10.8. The van der Waals surface area contributed by atoms with Crippen molar-refractivity contribution in [2.75, 3.05) is 7.11 Å². The van der Waals surface area contributed by atoms with Crippen LogP contribution in [-0.4, -0.2) is 13.1 Å². The zero-order valence-corrected chi connectivity index (χ0v) is 14.5. The number of ether oxygens (including phenoxy) is 1. The van der Waals surface area contributed by atoms with Gasteiger partial charge in [0.25, 0.3) is 0 Å². The maximum Gasteiger partial charge on any atom is 0.340 e. The molecule has 3 aromatic rings. The Morgan fingerprint density at radius 3 is 1.65 bits per heavy atom. The first-order valence-electron chi connectivity index (χ1n) is 7.63. The SMILES string of the molecule is COC(=O)c1ccc([S+](c2ccc(F)cc2)c2ccc(F)cc2)cc1F. The molecule has 0 amide bonds. The van der Waals surface area contributed by atoms with Crippen LogP contribution < -0.4 is 0 Å². The lowest BCUT2D eigenvalue weighted by molar-refractivity contribution is 0.0595. The summed E-state index contributed by atoms with van der Waals surface area (Å²) in [6, 6.07) is 15.9. The van der Waals surface area contributed by atoms with Crippen LogP contribution in [0.3, 0.4) is 0 Å². The number of rotatable bonds is 4. The molecule has 0 bridgehead atoms. The Balaban J connectivity index is 2.11. The summed E-state index contributed by atoms with van der Waals surface area (Å²) in [4.78, 5) is 13.6. The van der Waals surface area contributed by atoms with E-state index in [4.69, 9.17) is 0 Å². The summed E-state index contributed by atoms with van der Waals surface area (Å²) >= 11 is 0. The van der Waals surface area contributed by atoms with Crippen LogP contribution in [0.1, 0.15) is 10.4 Å². The first-order chi connectivity index (χ1) is 12.5. The molecule has 0 aromatic heterocycles. The van der Waals surface area contributed by atoms with Crippen molar-refractivity contribution in [1.82, 2.24) is 0 Å². The summed E-state index contributed by atoms with van der Waals surface area (Å²) in [6.45, 7) is 0. The molecule has 6 heteroatoms. The number of esters is 1. The lowest BCUT2D eigenvalue weighted by Gasteiger charge is -2.09. The average Bonchev–Trinajstić information content (AvgIpc) is 2.64. The highest BCUT2D eigenvalue weighted by atomic mass is 32.2. The number of benzene rings is 3. The second-order valence-electron chi connectivity index (χ2n) is 5.35. The second kappa shape index (κ2) is 7.66. The van der Waals surface area contributed by atoms with E-state index in [0.717, 1.165) is 9.79 Å². The Hall–Kier alpha value is -2.73. The molecular formula is C20H14F3O2S+. The van der Waals surface area contributed by atoms with Gasteiger partial charge in [0, 0.05) is 6.07 Å². The van der Waals surface area contributed by atoms with Gasteiger partial charge in [-0.15, -0.1) is 0 Å². The zero-order chi connectivity index (χ0) is 18.7. The monoisotopic (exact) mass is 375 g/mol. The fourth-order valence-electron chi connectivity index (χ4n) is 2.45. The van der Waals surface area contributed by atoms with E-state index in [1.807, 2.05) is 0 Å². The van der Waals surface area contributed by atoms with Gasteiger partial charge in [-0.3, -0.25) is 0 Å². The molecule has 0 fully saturated rings. The third kappa shape index (κ3) is 3.75. The largest absolute Gasteiger partial charge is 0.465 e. The van der Waals surface area contributed by atoms with E-state index in [-0.39, 0.29) is 17.2 Å². The molecule has 0 unspecified atom stereocenters. The van der Waals surface area contributed by atoms with Gasteiger partial charge in [-0.2, -0.15) is 0 Å². The van der Waals surface area contributed by atoms with Crippen LogP contribution in [-0.2, 0) is 15.6 Å². The number of carbonyl (C=O) groups is 1. The Bertz CT molecular complexity index is 879. The summed E-state index contributed by atoms with van der Waals surface area (Å²) in [7, 11) is 0.387. The van der Waals surface area contributed by atoms with Gasteiger partial charge in [0.2, 0.25) is 0 Å². The van der Waals surface area contributed by atoms with Crippen LogP contribution in [0.2, 0.25) is 0 Å². The number of hydrogen-bond acceptors (Lipinski definition) is 2. The summed E-state index contributed by atoms with van der Waals surface area (Å²) in [5.41, 5.74) is -0.169. The summed E-state index contributed by atoms with van der Waals surface area (Å²) in [5.74, 6) is -2.25. The molecule has 26 heavy (non-hydrogen) atoms. The molecule has 0 heterocycles. The summed E-state index contributed by atoms with van der Waals surface area (Å²) in [5, 5.41) is 0. The second-order valence-corrected chi connectivity index (χ2v) is 7.37. The molecule has 0 aliphatic heterocycles. The smallest absolute Gasteiger partial charge is 0.340 e. The third-order valence-corrected chi connectivity index (χ3v) is 5.89. The van der Waals surface area contributed by atoms with E-state index in [0.29, 0.717) is 4.90 Å². The van der Waals surface area contributed by atoms with Crippen LogP contribution >= 0.6 is 0 Å². The third-order valence-electron chi connectivity index (χ3n) is 3.68. The highest BCUT2D eigenvalue weighted by Gasteiger charge is 2.30. The van der Waals surface area contributed by atoms with E-state index < -0.39 is 22.7 Å². The van der Waals surface area contributed by atoms with Crippen LogP contribution in [0.25, 0.3) is 0 Å². The predicted molar refractivity (Wildman–Crippen MR) is 92.7 cm³/mol. The molecule has 0 spiro atoms. The number of carbonyl (C=O) groups excluding carboxylic acids is 1. The van der Waals surface area contributed by atoms with E-state index in [9.17, 15) is 18.0 Å². The van der Waals surface area contributed by atoms with Crippen molar-refractivity contribution in [2.45, 2.75) is 14.7 Å². The van der Waals surface area contributed by atoms with Gasteiger partial charge in [0.15, 0.2) is 14.7 Å². The zero-order valence-electron chi connectivity index (χ0n) is 13.7. The topological polar surface area (TPSA) is 26.3 Å².